The molecule has 20 heavy (non-hydrogen) atoms. The minimum atomic E-state index is -0.604. The largest absolute Gasteiger partial charge is 0.505 e. The van der Waals surface area contributed by atoms with E-state index >= 15 is 0 Å². The first-order valence-electron chi connectivity index (χ1n) is 6.29. The van der Waals surface area contributed by atoms with Crippen molar-refractivity contribution in [3.63, 3.8) is 0 Å². The van der Waals surface area contributed by atoms with E-state index in [-0.39, 0.29) is 12.5 Å². The van der Waals surface area contributed by atoms with Gasteiger partial charge in [-0.05, 0) is 23.8 Å². The molecule has 0 aromatic heterocycles. The number of benzene rings is 2. The van der Waals surface area contributed by atoms with E-state index in [0.717, 1.165) is 17.1 Å². The summed E-state index contributed by atoms with van der Waals surface area (Å²) in [6, 6.07) is 10.2. The van der Waals surface area contributed by atoms with Crippen LogP contribution in [0.15, 0.2) is 36.4 Å². The number of ether oxygens (including phenoxy) is 2. The molecule has 0 aliphatic carbocycles. The van der Waals surface area contributed by atoms with Crippen LogP contribution >= 0.6 is 0 Å². The smallest absolute Gasteiger partial charge is 0.231 e. The molecule has 0 atom stereocenters. The lowest BCUT2D eigenvalue weighted by Gasteiger charge is -2.08. The zero-order valence-corrected chi connectivity index (χ0v) is 10.7. The number of aromatic hydroxyl groups is 1. The highest BCUT2D eigenvalue weighted by atomic mass is 19.1. The third-order valence-electron chi connectivity index (χ3n) is 3.15. The Morgan fingerprint density at radius 2 is 1.95 bits per heavy atom. The van der Waals surface area contributed by atoms with Crippen LogP contribution in [-0.4, -0.2) is 11.9 Å². The topological polar surface area (TPSA) is 50.7 Å². The second kappa shape index (κ2) is 5.38. The van der Waals surface area contributed by atoms with Gasteiger partial charge in [0.2, 0.25) is 6.79 Å². The summed E-state index contributed by atoms with van der Waals surface area (Å²) in [7, 11) is 0. The van der Waals surface area contributed by atoms with Crippen LogP contribution in [0.2, 0.25) is 0 Å². The van der Waals surface area contributed by atoms with Crippen LogP contribution in [0, 0.1) is 5.82 Å². The van der Waals surface area contributed by atoms with Gasteiger partial charge in [0.15, 0.2) is 23.1 Å². The molecule has 1 aliphatic heterocycles. The second-order valence-electron chi connectivity index (χ2n) is 4.54. The van der Waals surface area contributed by atoms with Crippen LogP contribution in [0.1, 0.15) is 11.1 Å². The maximum absolute atomic E-state index is 13.2. The number of phenols is 1. The summed E-state index contributed by atoms with van der Waals surface area (Å²) < 4.78 is 23.7. The molecule has 0 saturated carbocycles. The molecule has 104 valence electrons. The Hall–Kier alpha value is -2.27. The van der Waals surface area contributed by atoms with Crippen LogP contribution in [0.4, 0.5) is 4.39 Å². The van der Waals surface area contributed by atoms with Crippen molar-refractivity contribution < 1.29 is 19.0 Å². The molecule has 3 rings (SSSR count). The lowest BCUT2D eigenvalue weighted by Crippen LogP contribution is -2.12. The predicted octanol–water partition coefficient (Wildman–Crippen LogP) is 2.55. The Bertz CT molecular complexity index is 631. The van der Waals surface area contributed by atoms with Crippen LogP contribution in [0.5, 0.6) is 17.2 Å². The Balaban J connectivity index is 1.61. The van der Waals surface area contributed by atoms with Gasteiger partial charge in [-0.3, -0.25) is 0 Å². The van der Waals surface area contributed by atoms with Gasteiger partial charge in [-0.25, -0.2) is 4.39 Å². The van der Waals surface area contributed by atoms with Crippen molar-refractivity contribution in [1.29, 1.82) is 0 Å². The summed E-state index contributed by atoms with van der Waals surface area (Å²) in [5.74, 6) is 0.576. The van der Waals surface area contributed by atoms with Gasteiger partial charge in [0.1, 0.15) is 0 Å². The minimum Gasteiger partial charge on any atom is -0.505 e. The van der Waals surface area contributed by atoms with E-state index < -0.39 is 5.82 Å². The van der Waals surface area contributed by atoms with Gasteiger partial charge in [0.25, 0.3) is 0 Å². The molecule has 1 aliphatic rings. The predicted molar refractivity (Wildman–Crippen MR) is 71.2 cm³/mol. The lowest BCUT2D eigenvalue weighted by molar-refractivity contribution is 0.174. The molecule has 2 aromatic carbocycles. The number of rotatable bonds is 4. The van der Waals surface area contributed by atoms with Gasteiger partial charge >= 0.3 is 0 Å². The summed E-state index contributed by atoms with van der Waals surface area (Å²) in [6.07, 6.45) is 0. The van der Waals surface area contributed by atoms with E-state index in [2.05, 4.69) is 5.32 Å². The van der Waals surface area contributed by atoms with Gasteiger partial charge in [-0.2, -0.15) is 0 Å². The highest BCUT2D eigenvalue weighted by Gasteiger charge is 2.13. The van der Waals surface area contributed by atoms with Crippen molar-refractivity contribution >= 4 is 0 Å². The minimum absolute atomic E-state index is 0.253. The van der Waals surface area contributed by atoms with Gasteiger partial charge in [-0.1, -0.05) is 18.2 Å². The zero-order chi connectivity index (χ0) is 13.9. The molecule has 0 bridgehead atoms. The third kappa shape index (κ3) is 2.53. The summed E-state index contributed by atoms with van der Waals surface area (Å²) in [4.78, 5) is 0. The monoisotopic (exact) mass is 275 g/mol. The molecule has 0 fully saturated rings. The molecular formula is C15H14FNO3. The maximum atomic E-state index is 13.2. The maximum Gasteiger partial charge on any atom is 0.231 e. The standard InChI is InChI=1S/C15H14FNO3/c16-12-3-1-2-11(15(12)18)8-17-7-10-4-5-13-14(6-10)20-9-19-13/h1-6,17-18H,7-9H2. The van der Waals surface area contributed by atoms with E-state index in [4.69, 9.17) is 9.47 Å². The Labute approximate surface area is 115 Å². The molecular weight excluding hydrogens is 261 g/mol. The number of fused-ring (bicyclic) bond motifs is 1. The fourth-order valence-corrected chi connectivity index (χ4v) is 2.10. The first kappa shape index (κ1) is 12.7. The Morgan fingerprint density at radius 3 is 2.85 bits per heavy atom. The van der Waals surface area contributed by atoms with E-state index in [9.17, 15) is 9.50 Å². The van der Waals surface area contributed by atoms with E-state index in [0.29, 0.717) is 18.7 Å². The number of nitrogens with one attached hydrogen (secondary N) is 1. The first-order valence-corrected chi connectivity index (χ1v) is 6.29. The molecule has 0 amide bonds. The van der Waals surface area contributed by atoms with Gasteiger partial charge in [-0.15, -0.1) is 0 Å². The molecule has 1 heterocycles. The lowest BCUT2D eigenvalue weighted by atomic mass is 10.1. The average molecular weight is 275 g/mol. The number of hydrogen-bond donors (Lipinski definition) is 2. The van der Waals surface area contributed by atoms with Crippen LogP contribution in [0.3, 0.4) is 0 Å². The molecule has 5 heteroatoms. The fraction of sp³-hybridized carbons (Fsp3) is 0.200. The van der Waals surface area contributed by atoms with E-state index in [1.807, 2.05) is 18.2 Å². The molecule has 0 radical (unpaired) electrons. The van der Waals surface area contributed by atoms with Crippen molar-refractivity contribution in [2.24, 2.45) is 0 Å². The SMILES string of the molecule is Oc1c(F)cccc1CNCc1ccc2c(c1)OCO2. The van der Waals surface area contributed by atoms with Crippen molar-refractivity contribution in [3.8, 4) is 17.2 Å². The average Bonchev–Trinajstić information content (AvgIpc) is 2.91. The van der Waals surface area contributed by atoms with Crippen molar-refractivity contribution in [1.82, 2.24) is 5.32 Å². The van der Waals surface area contributed by atoms with Crippen molar-refractivity contribution in [2.45, 2.75) is 13.1 Å². The molecule has 0 spiro atoms. The zero-order valence-electron chi connectivity index (χ0n) is 10.7. The van der Waals surface area contributed by atoms with Crippen LogP contribution in [-0.2, 0) is 13.1 Å². The van der Waals surface area contributed by atoms with Gasteiger partial charge in [0, 0.05) is 18.7 Å². The normalized spacial score (nSPS) is 12.7. The Kier molecular flexibility index (Phi) is 3.43. The highest BCUT2D eigenvalue weighted by Crippen LogP contribution is 2.32. The summed E-state index contributed by atoms with van der Waals surface area (Å²) in [6.45, 7) is 1.23. The third-order valence-corrected chi connectivity index (χ3v) is 3.15. The van der Waals surface area contributed by atoms with Crippen LogP contribution in [0.25, 0.3) is 0 Å². The van der Waals surface area contributed by atoms with Gasteiger partial charge in [0.05, 0.1) is 0 Å². The Morgan fingerprint density at radius 1 is 1.10 bits per heavy atom. The number of hydrogen-bond acceptors (Lipinski definition) is 4. The van der Waals surface area contributed by atoms with Crippen molar-refractivity contribution in [3.05, 3.63) is 53.3 Å². The molecule has 2 aromatic rings. The summed E-state index contributed by atoms with van der Waals surface area (Å²) >= 11 is 0. The number of phenolic OH excluding ortho intramolecular Hbond substituents is 1. The first-order chi connectivity index (χ1) is 9.74. The van der Waals surface area contributed by atoms with Gasteiger partial charge < -0.3 is 19.9 Å². The molecule has 4 nitrogen and oxygen atoms in total. The summed E-state index contributed by atoms with van der Waals surface area (Å²) in [5, 5.41) is 12.7. The second-order valence-corrected chi connectivity index (χ2v) is 4.54. The molecule has 2 N–H and O–H groups in total. The van der Waals surface area contributed by atoms with Crippen molar-refractivity contribution in [2.75, 3.05) is 6.79 Å². The number of halogens is 1. The molecule has 0 saturated heterocycles. The number of para-hydroxylation sites is 1. The fourth-order valence-electron chi connectivity index (χ4n) is 2.10. The summed E-state index contributed by atoms with van der Waals surface area (Å²) in [5.41, 5.74) is 1.57. The van der Waals surface area contributed by atoms with E-state index in [1.54, 1.807) is 12.1 Å². The van der Waals surface area contributed by atoms with Crippen LogP contribution < -0.4 is 14.8 Å². The molecule has 0 unspecified atom stereocenters. The quantitative estimate of drug-likeness (QED) is 0.900. The highest BCUT2D eigenvalue weighted by molar-refractivity contribution is 5.44. The van der Waals surface area contributed by atoms with E-state index in [1.165, 1.54) is 6.07 Å².